The van der Waals surface area contributed by atoms with Gasteiger partial charge in [0.1, 0.15) is 6.61 Å². The van der Waals surface area contributed by atoms with Crippen LogP contribution in [-0.4, -0.2) is 49.5 Å². The number of rotatable bonds is 5. The molecule has 0 aromatic rings. The van der Waals surface area contributed by atoms with Gasteiger partial charge in [0.25, 0.3) is 0 Å². The average Bonchev–Trinajstić information content (AvgIpc) is 2.63. The zero-order valence-electron chi connectivity index (χ0n) is 8.56. The van der Waals surface area contributed by atoms with E-state index >= 15 is 0 Å². The van der Waals surface area contributed by atoms with Crippen LogP contribution in [0.1, 0.15) is 12.8 Å². The Bertz CT molecular complexity index is 243. The second-order valence-electron chi connectivity index (χ2n) is 3.40. The number of amides is 1. The predicted octanol–water partition coefficient (Wildman–Crippen LogP) is -0.619. The van der Waals surface area contributed by atoms with Crippen molar-refractivity contribution in [3.05, 3.63) is 0 Å². The number of nitrogens with one attached hydrogen (secondary N) is 1. The molecule has 2 N–H and O–H groups in total. The predicted molar refractivity (Wildman–Crippen MR) is 50.4 cm³/mol. The molecule has 1 aliphatic heterocycles. The number of carboxylic acids is 1. The van der Waals surface area contributed by atoms with Crippen LogP contribution in [0.5, 0.6) is 0 Å². The molecular weight excluding hydrogens is 202 g/mol. The summed E-state index contributed by atoms with van der Waals surface area (Å²) in [7, 11) is 1.44. The van der Waals surface area contributed by atoms with E-state index in [-0.39, 0.29) is 18.6 Å². The van der Waals surface area contributed by atoms with Crippen molar-refractivity contribution in [1.82, 2.24) is 5.32 Å². The minimum atomic E-state index is -0.944. The van der Waals surface area contributed by atoms with Gasteiger partial charge in [0.15, 0.2) is 6.10 Å². The fourth-order valence-corrected chi connectivity index (χ4v) is 1.45. The molecule has 1 amide bonds. The van der Waals surface area contributed by atoms with Gasteiger partial charge in [0, 0.05) is 13.7 Å². The molecule has 0 radical (unpaired) electrons. The van der Waals surface area contributed by atoms with E-state index in [0.717, 1.165) is 0 Å². The van der Waals surface area contributed by atoms with Gasteiger partial charge >= 0.3 is 5.97 Å². The second-order valence-corrected chi connectivity index (χ2v) is 3.40. The van der Waals surface area contributed by atoms with E-state index in [0.29, 0.717) is 19.4 Å². The molecule has 0 aliphatic carbocycles. The highest BCUT2D eigenvalue weighted by Crippen LogP contribution is 2.18. The SMILES string of the molecule is COCC(=O)NCC1CCC(C(=O)O)O1. The number of carbonyl (C=O) groups excluding carboxylic acids is 1. The van der Waals surface area contributed by atoms with Crippen molar-refractivity contribution in [3.63, 3.8) is 0 Å². The lowest BCUT2D eigenvalue weighted by Gasteiger charge is -2.11. The van der Waals surface area contributed by atoms with Crippen LogP contribution in [0.3, 0.4) is 0 Å². The van der Waals surface area contributed by atoms with Crippen LogP contribution in [0, 0.1) is 0 Å². The van der Waals surface area contributed by atoms with Gasteiger partial charge in [-0.15, -0.1) is 0 Å². The third-order valence-electron chi connectivity index (χ3n) is 2.19. The smallest absolute Gasteiger partial charge is 0.332 e. The zero-order chi connectivity index (χ0) is 11.3. The van der Waals surface area contributed by atoms with Gasteiger partial charge in [0.05, 0.1) is 6.10 Å². The van der Waals surface area contributed by atoms with Crippen molar-refractivity contribution in [2.45, 2.75) is 25.0 Å². The molecule has 1 saturated heterocycles. The Balaban J connectivity index is 2.19. The zero-order valence-corrected chi connectivity index (χ0v) is 8.56. The molecule has 0 saturated carbocycles. The quantitative estimate of drug-likeness (QED) is 0.641. The summed E-state index contributed by atoms with van der Waals surface area (Å²) in [4.78, 5) is 21.6. The fourth-order valence-electron chi connectivity index (χ4n) is 1.45. The summed E-state index contributed by atoms with van der Waals surface area (Å²) in [6, 6.07) is 0. The van der Waals surface area contributed by atoms with Crippen LogP contribution in [0.2, 0.25) is 0 Å². The molecular formula is C9H15NO5. The van der Waals surface area contributed by atoms with E-state index in [2.05, 4.69) is 10.1 Å². The van der Waals surface area contributed by atoms with Gasteiger partial charge < -0.3 is 19.9 Å². The highest BCUT2D eigenvalue weighted by atomic mass is 16.5. The average molecular weight is 217 g/mol. The molecule has 0 bridgehead atoms. The molecule has 1 aliphatic rings. The maximum atomic E-state index is 11.0. The van der Waals surface area contributed by atoms with Crippen LogP contribution in [0.15, 0.2) is 0 Å². The van der Waals surface area contributed by atoms with Gasteiger partial charge in [-0.05, 0) is 12.8 Å². The van der Waals surface area contributed by atoms with E-state index in [9.17, 15) is 9.59 Å². The number of carboxylic acid groups (broad SMARTS) is 1. The Morgan fingerprint density at radius 2 is 2.27 bits per heavy atom. The molecule has 6 heteroatoms. The lowest BCUT2D eigenvalue weighted by Crippen LogP contribution is -2.35. The van der Waals surface area contributed by atoms with Crippen LogP contribution in [0.25, 0.3) is 0 Å². The third-order valence-corrected chi connectivity index (χ3v) is 2.19. The van der Waals surface area contributed by atoms with Crippen molar-refractivity contribution in [2.75, 3.05) is 20.3 Å². The Morgan fingerprint density at radius 1 is 1.53 bits per heavy atom. The van der Waals surface area contributed by atoms with Gasteiger partial charge in [-0.25, -0.2) is 4.79 Å². The third kappa shape index (κ3) is 3.85. The maximum absolute atomic E-state index is 11.0. The monoisotopic (exact) mass is 217 g/mol. The topological polar surface area (TPSA) is 84.9 Å². The number of hydrogen-bond acceptors (Lipinski definition) is 4. The van der Waals surface area contributed by atoms with Gasteiger partial charge in [-0.2, -0.15) is 0 Å². The van der Waals surface area contributed by atoms with E-state index in [1.807, 2.05) is 0 Å². The second kappa shape index (κ2) is 5.67. The van der Waals surface area contributed by atoms with Crippen molar-refractivity contribution < 1.29 is 24.2 Å². The Kier molecular flexibility index (Phi) is 4.51. The fraction of sp³-hybridized carbons (Fsp3) is 0.778. The Morgan fingerprint density at radius 3 is 2.80 bits per heavy atom. The summed E-state index contributed by atoms with van der Waals surface area (Å²) in [5, 5.41) is 11.3. The molecule has 0 spiro atoms. The number of ether oxygens (including phenoxy) is 2. The Labute approximate surface area is 87.5 Å². The van der Waals surface area contributed by atoms with Crippen LogP contribution < -0.4 is 5.32 Å². The summed E-state index contributed by atoms with van der Waals surface area (Å²) in [6.07, 6.45) is 0.228. The number of carbonyl (C=O) groups is 2. The maximum Gasteiger partial charge on any atom is 0.332 e. The summed E-state index contributed by atoms with van der Waals surface area (Å²) in [5.74, 6) is -1.17. The largest absolute Gasteiger partial charge is 0.479 e. The minimum Gasteiger partial charge on any atom is -0.479 e. The van der Waals surface area contributed by atoms with Crippen molar-refractivity contribution >= 4 is 11.9 Å². The lowest BCUT2D eigenvalue weighted by atomic mass is 10.2. The first-order valence-corrected chi connectivity index (χ1v) is 4.77. The molecule has 0 aromatic carbocycles. The molecule has 15 heavy (non-hydrogen) atoms. The highest BCUT2D eigenvalue weighted by Gasteiger charge is 2.30. The summed E-state index contributed by atoms with van der Waals surface area (Å²) >= 11 is 0. The van der Waals surface area contributed by atoms with E-state index < -0.39 is 12.1 Å². The number of hydrogen-bond donors (Lipinski definition) is 2. The molecule has 0 aromatic heterocycles. The molecule has 6 nitrogen and oxygen atoms in total. The summed E-state index contributed by atoms with van der Waals surface area (Å²) in [6.45, 7) is 0.348. The van der Waals surface area contributed by atoms with Crippen LogP contribution >= 0.6 is 0 Å². The lowest BCUT2D eigenvalue weighted by molar-refractivity contribution is -0.149. The van der Waals surface area contributed by atoms with Crippen LogP contribution in [0.4, 0.5) is 0 Å². The molecule has 1 fully saturated rings. The number of aliphatic carboxylic acids is 1. The van der Waals surface area contributed by atoms with E-state index in [1.165, 1.54) is 7.11 Å². The molecule has 1 rings (SSSR count). The normalized spacial score (nSPS) is 25.1. The first-order valence-electron chi connectivity index (χ1n) is 4.77. The van der Waals surface area contributed by atoms with Crippen molar-refractivity contribution in [1.29, 1.82) is 0 Å². The number of methoxy groups -OCH3 is 1. The van der Waals surface area contributed by atoms with E-state index in [1.54, 1.807) is 0 Å². The van der Waals surface area contributed by atoms with Gasteiger partial charge in [-0.1, -0.05) is 0 Å². The van der Waals surface area contributed by atoms with Crippen molar-refractivity contribution in [3.8, 4) is 0 Å². The van der Waals surface area contributed by atoms with E-state index in [4.69, 9.17) is 9.84 Å². The van der Waals surface area contributed by atoms with Gasteiger partial charge in [-0.3, -0.25) is 4.79 Å². The minimum absolute atomic E-state index is 0.00901. The Hall–Kier alpha value is -1.14. The molecule has 2 atom stereocenters. The standard InChI is InChI=1S/C9H15NO5/c1-14-5-8(11)10-4-6-2-3-7(15-6)9(12)13/h6-7H,2-5H2,1H3,(H,10,11)(H,12,13). The molecule has 1 heterocycles. The van der Waals surface area contributed by atoms with Gasteiger partial charge in [0.2, 0.25) is 5.91 Å². The first-order chi connectivity index (χ1) is 7.13. The first kappa shape index (κ1) is 11.9. The molecule has 86 valence electrons. The molecule has 2 unspecified atom stereocenters. The summed E-state index contributed by atoms with van der Waals surface area (Å²) in [5.41, 5.74) is 0. The highest BCUT2D eigenvalue weighted by molar-refractivity contribution is 5.77. The van der Waals surface area contributed by atoms with Crippen molar-refractivity contribution in [2.24, 2.45) is 0 Å². The van der Waals surface area contributed by atoms with Crippen LogP contribution in [-0.2, 0) is 19.1 Å². The summed E-state index contributed by atoms with van der Waals surface area (Å²) < 4.78 is 9.83.